The number of aliphatic carboxylic acids is 1. The Bertz CT molecular complexity index is 226. The third-order valence-electron chi connectivity index (χ3n) is 4.10. The van der Waals surface area contributed by atoms with Crippen molar-refractivity contribution >= 4 is 5.97 Å². The van der Waals surface area contributed by atoms with E-state index in [1.165, 1.54) is 38.5 Å². The molecule has 0 amide bonds. The van der Waals surface area contributed by atoms with E-state index in [0.717, 1.165) is 18.8 Å². The molecular weight excluding hydrogens is 214 g/mol. The zero-order chi connectivity index (χ0) is 12.7. The summed E-state index contributed by atoms with van der Waals surface area (Å²) in [5.41, 5.74) is 5.46. The zero-order valence-electron chi connectivity index (χ0n) is 11.0. The van der Waals surface area contributed by atoms with Gasteiger partial charge in [-0.3, -0.25) is 4.79 Å². The second-order valence-electron chi connectivity index (χ2n) is 5.69. The van der Waals surface area contributed by atoms with Gasteiger partial charge in [-0.15, -0.1) is 0 Å². The minimum absolute atomic E-state index is 0.266. The van der Waals surface area contributed by atoms with Gasteiger partial charge in [0.15, 0.2) is 0 Å². The molecular formula is C14H27NO2. The van der Waals surface area contributed by atoms with Crippen molar-refractivity contribution < 1.29 is 9.90 Å². The molecule has 1 rings (SSSR count). The van der Waals surface area contributed by atoms with E-state index in [-0.39, 0.29) is 12.5 Å². The van der Waals surface area contributed by atoms with Gasteiger partial charge in [-0.2, -0.15) is 0 Å². The molecule has 1 aliphatic rings. The van der Waals surface area contributed by atoms with Crippen LogP contribution in [0, 0.1) is 17.8 Å². The minimum atomic E-state index is -0.742. The van der Waals surface area contributed by atoms with Crippen molar-refractivity contribution in [1.29, 1.82) is 0 Å². The van der Waals surface area contributed by atoms with Crippen LogP contribution in [0.15, 0.2) is 0 Å². The highest BCUT2D eigenvalue weighted by Crippen LogP contribution is 2.31. The normalized spacial score (nSPS) is 19.6. The lowest BCUT2D eigenvalue weighted by Crippen LogP contribution is -2.25. The first kappa shape index (κ1) is 14.5. The zero-order valence-corrected chi connectivity index (χ0v) is 11.0. The highest BCUT2D eigenvalue weighted by atomic mass is 16.4. The van der Waals surface area contributed by atoms with Crippen LogP contribution >= 0.6 is 0 Å². The van der Waals surface area contributed by atoms with Crippen molar-refractivity contribution in [3.8, 4) is 0 Å². The highest BCUT2D eigenvalue weighted by Gasteiger charge is 2.19. The third kappa shape index (κ3) is 5.53. The fourth-order valence-corrected chi connectivity index (χ4v) is 2.61. The number of carboxylic acids is 1. The SMILES string of the molecule is CC(CCCCC1CCC1)CC(CN)C(=O)O. The monoisotopic (exact) mass is 241 g/mol. The van der Waals surface area contributed by atoms with Crippen LogP contribution in [0.4, 0.5) is 0 Å². The Kier molecular flexibility index (Phi) is 6.56. The molecule has 0 aromatic carbocycles. The summed E-state index contributed by atoms with van der Waals surface area (Å²) < 4.78 is 0. The van der Waals surface area contributed by atoms with Crippen molar-refractivity contribution in [2.45, 2.75) is 58.3 Å². The van der Waals surface area contributed by atoms with E-state index in [4.69, 9.17) is 10.8 Å². The molecule has 1 saturated carbocycles. The summed E-state index contributed by atoms with van der Waals surface area (Å²) in [6.07, 6.45) is 10.1. The number of carboxylic acid groups (broad SMARTS) is 1. The Morgan fingerprint density at radius 2 is 2.12 bits per heavy atom. The maximum Gasteiger partial charge on any atom is 0.307 e. The summed E-state index contributed by atoms with van der Waals surface area (Å²) >= 11 is 0. The molecule has 0 saturated heterocycles. The van der Waals surface area contributed by atoms with Crippen molar-refractivity contribution in [1.82, 2.24) is 0 Å². The first-order valence-electron chi connectivity index (χ1n) is 7.06. The molecule has 0 heterocycles. The summed E-state index contributed by atoms with van der Waals surface area (Å²) in [6, 6.07) is 0. The van der Waals surface area contributed by atoms with E-state index < -0.39 is 5.97 Å². The molecule has 0 radical (unpaired) electrons. The van der Waals surface area contributed by atoms with E-state index in [9.17, 15) is 4.79 Å². The number of rotatable bonds is 9. The molecule has 3 heteroatoms. The lowest BCUT2D eigenvalue weighted by atomic mass is 9.81. The smallest absolute Gasteiger partial charge is 0.307 e. The van der Waals surface area contributed by atoms with E-state index in [2.05, 4.69) is 6.92 Å². The molecule has 3 N–H and O–H groups in total. The van der Waals surface area contributed by atoms with Gasteiger partial charge in [0.2, 0.25) is 0 Å². The maximum absolute atomic E-state index is 10.9. The average Bonchev–Trinajstić information content (AvgIpc) is 2.22. The molecule has 1 aliphatic carbocycles. The molecule has 0 spiro atoms. The van der Waals surface area contributed by atoms with Crippen molar-refractivity contribution in [2.75, 3.05) is 6.54 Å². The van der Waals surface area contributed by atoms with E-state index >= 15 is 0 Å². The molecule has 1 fully saturated rings. The van der Waals surface area contributed by atoms with Gasteiger partial charge in [0, 0.05) is 6.54 Å². The summed E-state index contributed by atoms with van der Waals surface area (Å²) in [4.78, 5) is 10.9. The standard InChI is InChI=1S/C14H27NO2/c1-11(9-13(10-15)14(16)17)5-2-3-6-12-7-4-8-12/h11-13H,2-10,15H2,1H3,(H,16,17). The summed E-state index contributed by atoms with van der Waals surface area (Å²) in [5, 5.41) is 8.93. The second-order valence-corrected chi connectivity index (χ2v) is 5.69. The predicted molar refractivity (Wildman–Crippen MR) is 69.8 cm³/mol. The average molecular weight is 241 g/mol. The molecule has 3 nitrogen and oxygen atoms in total. The number of hydrogen-bond acceptors (Lipinski definition) is 2. The van der Waals surface area contributed by atoms with Crippen molar-refractivity contribution in [3.05, 3.63) is 0 Å². The molecule has 0 aromatic heterocycles. The van der Waals surface area contributed by atoms with Crippen LogP contribution in [-0.4, -0.2) is 17.6 Å². The van der Waals surface area contributed by atoms with Crippen molar-refractivity contribution in [2.24, 2.45) is 23.5 Å². The third-order valence-corrected chi connectivity index (χ3v) is 4.10. The molecule has 0 aliphatic heterocycles. The number of carbonyl (C=O) groups is 1. The van der Waals surface area contributed by atoms with Crippen LogP contribution in [0.25, 0.3) is 0 Å². The fourth-order valence-electron chi connectivity index (χ4n) is 2.61. The second kappa shape index (κ2) is 7.70. The number of nitrogens with two attached hydrogens (primary N) is 1. The molecule has 0 bridgehead atoms. The highest BCUT2D eigenvalue weighted by molar-refractivity contribution is 5.70. The van der Waals surface area contributed by atoms with Crippen LogP contribution in [0.3, 0.4) is 0 Å². The van der Waals surface area contributed by atoms with Gasteiger partial charge >= 0.3 is 5.97 Å². The quantitative estimate of drug-likeness (QED) is 0.610. The van der Waals surface area contributed by atoms with E-state index in [1.807, 2.05) is 0 Å². The van der Waals surface area contributed by atoms with Gasteiger partial charge in [0.1, 0.15) is 0 Å². The first-order valence-corrected chi connectivity index (χ1v) is 7.06. The Hall–Kier alpha value is -0.570. The van der Waals surface area contributed by atoms with Crippen molar-refractivity contribution in [3.63, 3.8) is 0 Å². The molecule has 0 aromatic rings. The number of unbranched alkanes of at least 4 members (excludes halogenated alkanes) is 1. The number of hydrogen-bond donors (Lipinski definition) is 2. The Balaban J connectivity index is 2.02. The maximum atomic E-state index is 10.9. The van der Waals surface area contributed by atoms with Crippen LogP contribution in [0.2, 0.25) is 0 Å². The van der Waals surface area contributed by atoms with Gasteiger partial charge in [-0.05, 0) is 18.3 Å². The summed E-state index contributed by atoms with van der Waals surface area (Å²) in [7, 11) is 0. The van der Waals surface area contributed by atoms with Gasteiger partial charge in [-0.1, -0.05) is 51.9 Å². The first-order chi connectivity index (χ1) is 8.13. The van der Waals surface area contributed by atoms with E-state index in [1.54, 1.807) is 0 Å². The van der Waals surface area contributed by atoms with Crippen LogP contribution in [0.1, 0.15) is 58.3 Å². The van der Waals surface area contributed by atoms with Gasteiger partial charge in [0.25, 0.3) is 0 Å². The summed E-state index contributed by atoms with van der Waals surface area (Å²) in [6.45, 7) is 2.41. The molecule has 2 atom stereocenters. The Labute approximate surface area is 105 Å². The topological polar surface area (TPSA) is 63.3 Å². The predicted octanol–water partition coefficient (Wildman–Crippen LogP) is 3.03. The largest absolute Gasteiger partial charge is 0.481 e. The van der Waals surface area contributed by atoms with Crippen LogP contribution in [0.5, 0.6) is 0 Å². The fraction of sp³-hybridized carbons (Fsp3) is 0.929. The summed E-state index contributed by atoms with van der Waals surface area (Å²) in [5.74, 6) is 0.396. The molecule has 100 valence electrons. The van der Waals surface area contributed by atoms with E-state index in [0.29, 0.717) is 5.92 Å². The minimum Gasteiger partial charge on any atom is -0.481 e. The van der Waals surface area contributed by atoms with Crippen LogP contribution < -0.4 is 5.73 Å². The Morgan fingerprint density at radius 3 is 2.59 bits per heavy atom. The van der Waals surface area contributed by atoms with Crippen LogP contribution in [-0.2, 0) is 4.79 Å². The van der Waals surface area contributed by atoms with Gasteiger partial charge < -0.3 is 10.8 Å². The Morgan fingerprint density at radius 1 is 1.41 bits per heavy atom. The molecule has 17 heavy (non-hydrogen) atoms. The molecule has 2 unspecified atom stereocenters. The lowest BCUT2D eigenvalue weighted by Gasteiger charge is -2.25. The lowest BCUT2D eigenvalue weighted by molar-refractivity contribution is -0.141. The van der Waals surface area contributed by atoms with Gasteiger partial charge in [0.05, 0.1) is 5.92 Å². The van der Waals surface area contributed by atoms with Gasteiger partial charge in [-0.25, -0.2) is 0 Å².